The lowest BCUT2D eigenvalue weighted by molar-refractivity contribution is 0.182. The van der Waals surface area contributed by atoms with E-state index in [2.05, 4.69) is 4.98 Å². The van der Waals surface area contributed by atoms with Gasteiger partial charge in [-0.15, -0.1) is 11.3 Å². The molecule has 1 heterocycles. The summed E-state index contributed by atoms with van der Waals surface area (Å²) in [7, 11) is 0. The molecule has 0 saturated heterocycles. The minimum atomic E-state index is -0.575. The summed E-state index contributed by atoms with van der Waals surface area (Å²) < 4.78 is 0. The summed E-state index contributed by atoms with van der Waals surface area (Å²) in [6.07, 6.45) is 1.94. The Bertz CT molecular complexity index is 270. The van der Waals surface area contributed by atoms with Gasteiger partial charge in [0.2, 0.25) is 0 Å². The molecule has 1 fully saturated rings. The van der Waals surface area contributed by atoms with Gasteiger partial charge in [0, 0.05) is 17.8 Å². The average Bonchev–Trinajstić information content (AvgIpc) is 2.83. The van der Waals surface area contributed by atoms with Crippen molar-refractivity contribution in [2.75, 3.05) is 6.54 Å². The Morgan fingerprint density at radius 2 is 2.50 bits per heavy atom. The van der Waals surface area contributed by atoms with Crippen LogP contribution >= 0.6 is 11.3 Å². The van der Waals surface area contributed by atoms with Crippen molar-refractivity contribution in [3.8, 4) is 0 Å². The van der Waals surface area contributed by atoms with E-state index in [4.69, 9.17) is 5.73 Å². The van der Waals surface area contributed by atoms with E-state index in [1.54, 1.807) is 11.3 Å². The molecule has 0 spiro atoms. The molecule has 3 N–H and O–H groups in total. The lowest BCUT2D eigenvalue weighted by Gasteiger charge is -2.01. The summed E-state index contributed by atoms with van der Waals surface area (Å²) in [4.78, 5) is 4.33. The smallest absolute Gasteiger partial charge is 0.109 e. The first-order chi connectivity index (χ1) is 5.81. The van der Waals surface area contributed by atoms with Gasteiger partial charge in [-0.25, -0.2) is 4.98 Å². The third-order valence-corrected chi connectivity index (χ3v) is 3.06. The van der Waals surface area contributed by atoms with Gasteiger partial charge in [-0.1, -0.05) is 0 Å². The van der Waals surface area contributed by atoms with Gasteiger partial charge < -0.3 is 10.8 Å². The molecular formula is C8H12N2OS. The molecular weight excluding hydrogens is 172 g/mol. The van der Waals surface area contributed by atoms with Gasteiger partial charge in [-0.2, -0.15) is 0 Å². The number of aliphatic hydroxyl groups is 1. The van der Waals surface area contributed by atoms with Gasteiger partial charge in [-0.3, -0.25) is 0 Å². The van der Waals surface area contributed by atoms with Crippen LogP contribution < -0.4 is 5.73 Å². The second-order valence-electron chi connectivity index (χ2n) is 3.14. The summed E-state index contributed by atoms with van der Waals surface area (Å²) in [5, 5.41) is 12.4. The van der Waals surface area contributed by atoms with E-state index in [9.17, 15) is 5.11 Å². The van der Waals surface area contributed by atoms with Gasteiger partial charge in [-0.05, 0) is 12.8 Å². The van der Waals surface area contributed by atoms with Crippen LogP contribution in [0.3, 0.4) is 0 Å². The van der Waals surface area contributed by atoms with Crippen molar-refractivity contribution in [3.63, 3.8) is 0 Å². The van der Waals surface area contributed by atoms with Crippen LogP contribution in [0.2, 0.25) is 0 Å². The first kappa shape index (κ1) is 8.16. The number of rotatable bonds is 3. The molecule has 12 heavy (non-hydrogen) atoms. The Morgan fingerprint density at radius 1 is 1.75 bits per heavy atom. The normalized spacial score (nSPS) is 19.5. The molecule has 0 radical (unpaired) electrons. The topological polar surface area (TPSA) is 59.1 Å². The van der Waals surface area contributed by atoms with Crippen LogP contribution in [0.15, 0.2) is 5.38 Å². The van der Waals surface area contributed by atoms with E-state index in [0.29, 0.717) is 5.92 Å². The van der Waals surface area contributed by atoms with Crippen molar-refractivity contribution in [2.45, 2.75) is 24.9 Å². The third-order valence-electron chi connectivity index (χ3n) is 2.03. The molecule has 0 bridgehead atoms. The van der Waals surface area contributed by atoms with Crippen molar-refractivity contribution in [2.24, 2.45) is 5.73 Å². The molecule has 1 atom stereocenters. The summed E-state index contributed by atoms with van der Waals surface area (Å²) in [5.41, 5.74) is 6.06. The molecule has 1 aromatic heterocycles. The highest BCUT2D eigenvalue weighted by molar-refractivity contribution is 7.09. The number of hydrogen-bond donors (Lipinski definition) is 2. The van der Waals surface area contributed by atoms with E-state index >= 15 is 0 Å². The predicted molar refractivity (Wildman–Crippen MR) is 48.1 cm³/mol. The molecule has 1 saturated carbocycles. The SMILES string of the molecule is NC[C@H](O)c1csc(C2CC2)n1. The van der Waals surface area contributed by atoms with Crippen LogP contribution in [0.5, 0.6) is 0 Å². The Morgan fingerprint density at radius 3 is 3.08 bits per heavy atom. The molecule has 0 amide bonds. The minimum Gasteiger partial charge on any atom is -0.385 e. The third kappa shape index (κ3) is 1.50. The van der Waals surface area contributed by atoms with Crippen molar-refractivity contribution in [3.05, 3.63) is 16.1 Å². The van der Waals surface area contributed by atoms with Gasteiger partial charge >= 0.3 is 0 Å². The number of nitrogens with zero attached hydrogens (tertiary/aromatic N) is 1. The minimum absolute atomic E-state index is 0.258. The molecule has 3 nitrogen and oxygen atoms in total. The Kier molecular flexibility index (Phi) is 2.12. The first-order valence-electron chi connectivity index (χ1n) is 4.14. The van der Waals surface area contributed by atoms with Crippen molar-refractivity contribution < 1.29 is 5.11 Å². The molecule has 0 unspecified atom stereocenters. The van der Waals surface area contributed by atoms with Crippen molar-refractivity contribution in [1.82, 2.24) is 4.98 Å². The first-order valence-corrected chi connectivity index (χ1v) is 5.02. The fourth-order valence-corrected chi connectivity index (χ4v) is 2.13. The predicted octanol–water partition coefficient (Wildman–Crippen LogP) is 1.01. The Hall–Kier alpha value is -0.450. The molecule has 1 aliphatic carbocycles. The zero-order chi connectivity index (χ0) is 8.55. The van der Waals surface area contributed by atoms with Gasteiger partial charge in [0.15, 0.2) is 0 Å². The standard InChI is InChI=1S/C8H12N2OS/c9-3-7(11)6-4-12-8(10-6)5-1-2-5/h4-5,7,11H,1-3,9H2/t7-/m0/s1. The van der Waals surface area contributed by atoms with Crippen LogP contribution in [-0.2, 0) is 0 Å². The van der Waals surface area contributed by atoms with Crippen LogP contribution in [0.4, 0.5) is 0 Å². The highest BCUT2D eigenvalue weighted by Gasteiger charge is 2.27. The molecule has 66 valence electrons. The number of aromatic nitrogens is 1. The van der Waals surface area contributed by atoms with Crippen LogP contribution in [-0.4, -0.2) is 16.6 Å². The molecule has 4 heteroatoms. The number of thiazole rings is 1. The summed E-state index contributed by atoms with van der Waals surface area (Å²) in [6.45, 7) is 0.258. The second-order valence-corrected chi connectivity index (χ2v) is 4.03. The average molecular weight is 184 g/mol. The van der Waals surface area contributed by atoms with E-state index < -0.39 is 6.10 Å². The lowest BCUT2D eigenvalue weighted by atomic mass is 10.3. The number of nitrogens with two attached hydrogens (primary N) is 1. The zero-order valence-electron chi connectivity index (χ0n) is 6.73. The Balaban J connectivity index is 2.12. The van der Waals surface area contributed by atoms with E-state index in [-0.39, 0.29) is 6.54 Å². The van der Waals surface area contributed by atoms with E-state index in [0.717, 1.165) is 10.7 Å². The highest BCUT2D eigenvalue weighted by atomic mass is 32.1. The van der Waals surface area contributed by atoms with E-state index in [1.807, 2.05) is 5.38 Å². The summed E-state index contributed by atoms with van der Waals surface area (Å²) >= 11 is 1.64. The maximum absolute atomic E-state index is 9.36. The Labute approximate surface area is 75.2 Å². The van der Waals surface area contributed by atoms with Crippen molar-refractivity contribution in [1.29, 1.82) is 0 Å². The van der Waals surface area contributed by atoms with E-state index in [1.165, 1.54) is 12.8 Å². The summed E-state index contributed by atoms with van der Waals surface area (Å²) in [5.74, 6) is 0.675. The van der Waals surface area contributed by atoms with Gasteiger partial charge in [0.25, 0.3) is 0 Å². The number of aliphatic hydroxyl groups excluding tert-OH is 1. The molecule has 2 rings (SSSR count). The summed E-state index contributed by atoms with van der Waals surface area (Å²) in [6, 6.07) is 0. The fraction of sp³-hybridized carbons (Fsp3) is 0.625. The largest absolute Gasteiger partial charge is 0.385 e. The maximum atomic E-state index is 9.36. The monoisotopic (exact) mass is 184 g/mol. The van der Waals surface area contributed by atoms with Crippen molar-refractivity contribution >= 4 is 11.3 Å². The highest BCUT2D eigenvalue weighted by Crippen LogP contribution is 2.41. The lowest BCUT2D eigenvalue weighted by Crippen LogP contribution is -2.11. The van der Waals surface area contributed by atoms with Crippen LogP contribution in [0.1, 0.15) is 35.6 Å². The molecule has 0 aliphatic heterocycles. The van der Waals surface area contributed by atoms with Gasteiger partial charge in [0.05, 0.1) is 10.7 Å². The zero-order valence-corrected chi connectivity index (χ0v) is 7.55. The van der Waals surface area contributed by atoms with Gasteiger partial charge in [0.1, 0.15) is 6.10 Å². The molecule has 0 aromatic carbocycles. The molecule has 1 aromatic rings. The molecule has 1 aliphatic rings. The van der Waals surface area contributed by atoms with Crippen LogP contribution in [0, 0.1) is 0 Å². The maximum Gasteiger partial charge on any atom is 0.109 e. The fourth-order valence-electron chi connectivity index (χ4n) is 1.09. The number of hydrogen-bond acceptors (Lipinski definition) is 4. The second kappa shape index (κ2) is 3.12. The van der Waals surface area contributed by atoms with Crippen LogP contribution in [0.25, 0.3) is 0 Å². The quantitative estimate of drug-likeness (QED) is 0.737.